The summed E-state index contributed by atoms with van der Waals surface area (Å²) in [6.45, 7) is 4.46. The Balaban J connectivity index is 0. The molecule has 0 radical (unpaired) electrons. The van der Waals surface area contributed by atoms with Gasteiger partial charge in [-0.05, 0) is 0 Å². The van der Waals surface area contributed by atoms with Gasteiger partial charge < -0.3 is 25.9 Å². The lowest BCUT2D eigenvalue weighted by atomic mass is 10.3. The molecule has 11 nitrogen and oxygen atoms in total. The number of rotatable bonds is 5. The van der Waals surface area contributed by atoms with Crippen LogP contribution in [-0.4, -0.2) is 94.2 Å². The third-order valence-corrected chi connectivity index (χ3v) is 3.25. The lowest BCUT2D eigenvalue weighted by molar-refractivity contribution is 0.116. The summed E-state index contributed by atoms with van der Waals surface area (Å²) in [5.41, 5.74) is 0. The lowest BCUT2D eigenvalue weighted by Gasteiger charge is -2.33. The average Bonchev–Trinajstić information content (AvgIpc) is 2.25. The molecular formula is C8H24N3O8PS. The molecule has 0 aromatic heterocycles. The van der Waals surface area contributed by atoms with E-state index >= 15 is 0 Å². The van der Waals surface area contributed by atoms with Gasteiger partial charge in [0.15, 0.2) is 0 Å². The first kappa shape index (κ1) is 23.1. The van der Waals surface area contributed by atoms with E-state index in [1.807, 2.05) is 4.90 Å². The molecule has 1 aliphatic heterocycles. The van der Waals surface area contributed by atoms with Crippen molar-refractivity contribution in [2.45, 2.75) is 0 Å². The van der Waals surface area contributed by atoms with Crippen molar-refractivity contribution in [3.63, 3.8) is 0 Å². The van der Waals surface area contributed by atoms with Crippen molar-refractivity contribution in [1.82, 2.24) is 16.0 Å². The molecule has 0 atom stereocenters. The Labute approximate surface area is 123 Å². The molecule has 0 aromatic rings. The van der Waals surface area contributed by atoms with E-state index < -0.39 is 17.9 Å². The van der Waals surface area contributed by atoms with E-state index in [9.17, 15) is 8.42 Å². The van der Waals surface area contributed by atoms with E-state index in [0.29, 0.717) is 13.1 Å². The van der Waals surface area contributed by atoms with E-state index in [4.69, 9.17) is 28.9 Å². The van der Waals surface area contributed by atoms with E-state index in [-0.39, 0.29) is 18.5 Å². The van der Waals surface area contributed by atoms with Gasteiger partial charge >= 0.3 is 7.82 Å². The Morgan fingerprint density at radius 3 is 1.57 bits per heavy atom. The summed E-state index contributed by atoms with van der Waals surface area (Å²) in [7, 11) is -8.48. The Morgan fingerprint density at radius 1 is 0.952 bits per heavy atom. The Bertz CT molecular complexity index is 397. The number of piperazine rings is 1. The molecule has 8 N–H and O–H groups in total. The molecule has 0 bridgehead atoms. The van der Waals surface area contributed by atoms with Gasteiger partial charge in [0, 0.05) is 39.3 Å². The second-order valence-corrected chi connectivity index (χ2v) is 6.80. The molecule has 1 fully saturated rings. The predicted octanol–water partition coefficient (Wildman–Crippen LogP) is -2.28. The van der Waals surface area contributed by atoms with Gasteiger partial charge in [0.05, 0.1) is 12.4 Å². The first-order valence-corrected chi connectivity index (χ1v) is 8.98. The SMILES string of the molecule is N.O=P(O)(O)O.O=S(=O)(O)CCN1CCN(CCO)CC1. The molecule has 1 aliphatic rings. The van der Waals surface area contributed by atoms with Crippen molar-refractivity contribution in [3.8, 4) is 0 Å². The van der Waals surface area contributed by atoms with E-state index in [1.54, 1.807) is 0 Å². The molecule has 0 amide bonds. The fourth-order valence-corrected chi connectivity index (χ4v) is 2.11. The number of hydrogen-bond donors (Lipinski definition) is 6. The zero-order valence-corrected chi connectivity index (χ0v) is 13.3. The van der Waals surface area contributed by atoms with Crippen LogP contribution >= 0.6 is 7.82 Å². The van der Waals surface area contributed by atoms with Crippen LogP contribution in [0.2, 0.25) is 0 Å². The third kappa shape index (κ3) is 17.8. The van der Waals surface area contributed by atoms with E-state index in [2.05, 4.69) is 4.90 Å². The van der Waals surface area contributed by atoms with Crippen LogP contribution in [0.1, 0.15) is 0 Å². The van der Waals surface area contributed by atoms with Gasteiger partial charge in [-0.25, -0.2) is 4.57 Å². The van der Waals surface area contributed by atoms with Crippen molar-refractivity contribution >= 4 is 17.9 Å². The number of aliphatic hydroxyl groups excluding tert-OH is 1. The highest BCUT2D eigenvalue weighted by molar-refractivity contribution is 7.85. The zero-order chi connectivity index (χ0) is 15.8. The maximum atomic E-state index is 10.5. The molecule has 1 rings (SSSR count). The van der Waals surface area contributed by atoms with Crippen molar-refractivity contribution < 1.29 is 37.3 Å². The van der Waals surface area contributed by atoms with Crippen LogP contribution < -0.4 is 6.15 Å². The van der Waals surface area contributed by atoms with Crippen LogP contribution in [0.15, 0.2) is 0 Å². The van der Waals surface area contributed by atoms with Gasteiger partial charge in [-0.2, -0.15) is 8.42 Å². The summed E-state index contributed by atoms with van der Waals surface area (Å²) in [5, 5.41) is 8.73. The van der Waals surface area contributed by atoms with Crippen LogP contribution in [0.3, 0.4) is 0 Å². The van der Waals surface area contributed by atoms with Crippen molar-refractivity contribution in [2.24, 2.45) is 0 Å². The van der Waals surface area contributed by atoms with Gasteiger partial charge in [0.2, 0.25) is 0 Å². The van der Waals surface area contributed by atoms with E-state index in [1.165, 1.54) is 0 Å². The maximum Gasteiger partial charge on any atom is 0.466 e. The highest BCUT2D eigenvalue weighted by atomic mass is 32.2. The minimum Gasteiger partial charge on any atom is -0.395 e. The Morgan fingerprint density at radius 2 is 1.29 bits per heavy atom. The molecule has 1 saturated heterocycles. The summed E-state index contributed by atoms with van der Waals surface area (Å²) < 4.78 is 38.5. The van der Waals surface area contributed by atoms with Crippen molar-refractivity contribution in [2.75, 3.05) is 51.6 Å². The van der Waals surface area contributed by atoms with Gasteiger partial charge in [0.25, 0.3) is 10.1 Å². The Hall–Kier alpha value is -0.140. The number of β-amino-alcohol motifs (C(OH)–C–C–N with tert-alkyl or cyclic N) is 1. The van der Waals surface area contributed by atoms with Crippen LogP contribution in [-0.2, 0) is 14.7 Å². The molecule has 0 saturated carbocycles. The molecule has 130 valence electrons. The second-order valence-electron chi connectivity index (χ2n) is 4.21. The van der Waals surface area contributed by atoms with Gasteiger partial charge in [-0.3, -0.25) is 14.4 Å². The minimum atomic E-state index is -4.64. The van der Waals surface area contributed by atoms with Crippen LogP contribution in [0.4, 0.5) is 0 Å². The highest BCUT2D eigenvalue weighted by Crippen LogP contribution is 2.25. The predicted molar refractivity (Wildman–Crippen MR) is 75.7 cm³/mol. The summed E-state index contributed by atoms with van der Waals surface area (Å²) in [6, 6.07) is 0. The second kappa shape index (κ2) is 10.6. The smallest absolute Gasteiger partial charge is 0.395 e. The van der Waals surface area contributed by atoms with Crippen molar-refractivity contribution in [3.05, 3.63) is 0 Å². The van der Waals surface area contributed by atoms with Crippen molar-refractivity contribution in [1.29, 1.82) is 0 Å². The topological polar surface area (TPSA) is 194 Å². The lowest BCUT2D eigenvalue weighted by Crippen LogP contribution is -2.48. The molecule has 0 spiro atoms. The third-order valence-electron chi connectivity index (χ3n) is 2.55. The number of phosphoric acid groups is 1. The molecule has 13 heteroatoms. The molecule has 1 heterocycles. The van der Waals surface area contributed by atoms with Crippen LogP contribution in [0, 0.1) is 0 Å². The molecule has 21 heavy (non-hydrogen) atoms. The van der Waals surface area contributed by atoms with Gasteiger partial charge in [-0.1, -0.05) is 0 Å². The largest absolute Gasteiger partial charge is 0.466 e. The Kier molecular flexibility index (Phi) is 11.6. The van der Waals surface area contributed by atoms with Crippen LogP contribution in [0.5, 0.6) is 0 Å². The van der Waals surface area contributed by atoms with Gasteiger partial charge in [0.1, 0.15) is 0 Å². The quantitative estimate of drug-likeness (QED) is 0.230. The van der Waals surface area contributed by atoms with Gasteiger partial charge in [-0.15, -0.1) is 0 Å². The first-order chi connectivity index (χ1) is 9.01. The first-order valence-electron chi connectivity index (χ1n) is 5.80. The molecular weight excluding hydrogens is 329 g/mol. The maximum absolute atomic E-state index is 10.5. The summed E-state index contributed by atoms with van der Waals surface area (Å²) in [6.07, 6.45) is 0. The monoisotopic (exact) mass is 353 g/mol. The fourth-order valence-electron chi connectivity index (χ4n) is 1.62. The summed E-state index contributed by atoms with van der Waals surface area (Å²) >= 11 is 0. The minimum absolute atomic E-state index is 0. The number of aliphatic hydroxyl groups is 1. The average molecular weight is 353 g/mol. The standard InChI is InChI=1S/C8H18N2O4S.H3N.H3O4P/c11-7-5-9-1-3-10(4-2-9)6-8-15(12,13)14;;1-5(2,3)4/h11H,1-8H2,(H,12,13,14);1H3;(H3,1,2,3,4). The molecule has 0 unspecified atom stereocenters. The van der Waals surface area contributed by atoms with Crippen LogP contribution in [0.25, 0.3) is 0 Å². The molecule has 0 aromatic carbocycles. The summed E-state index contributed by atoms with van der Waals surface area (Å²) in [4.78, 5) is 25.7. The van der Waals surface area contributed by atoms with E-state index in [0.717, 1.165) is 26.2 Å². The highest BCUT2D eigenvalue weighted by Gasteiger charge is 2.17. The fraction of sp³-hybridized carbons (Fsp3) is 1.00. The number of nitrogens with zero attached hydrogens (tertiary/aromatic N) is 2. The zero-order valence-electron chi connectivity index (χ0n) is 11.6. The normalized spacial score (nSPS) is 17.6. The summed E-state index contributed by atoms with van der Waals surface area (Å²) in [5.74, 6) is -0.201. The molecule has 0 aliphatic carbocycles. The number of hydrogen-bond acceptors (Lipinski definition) is 7.